The number of rotatable bonds is 5. The minimum absolute atomic E-state index is 0.551. The van der Waals surface area contributed by atoms with E-state index in [0.29, 0.717) is 6.04 Å². The summed E-state index contributed by atoms with van der Waals surface area (Å²) in [7, 11) is 0. The first-order chi connectivity index (χ1) is 7.35. The smallest absolute Gasteiger partial charge is 0.0454 e. The second kappa shape index (κ2) is 5.10. The first-order valence-electron chi connectivity index (χ1n) is 5.55. The van der Waals surface area contributed by atoms with E-state index < -0.39 is 0 Å². The van der Waals surface area contributed by atoms with Crippen molar-refractivity contribution in [2.24, 2.45) is 0 Å². The van der Waals surface area contributed by atoms with Crippen LogP contribution in [0.3, 0.4) is 0 Å². The summed E-state index contributed by atoms with van der Waals surface area (Å²) >= 11 is 3.78. The van der Waals surface area contributed by atoms with E-state index in [-0.39, 0.29) is 0 Å². The van der Waals surface area contributed by atoms with E-state index in [1.807, 2.05) is 22.7 Å². The van der Waals surface area contributed by atoms with Crippen molar-refractivity contribution < 1.29 is 0 Å². The molecule has 0 fully saturated rings. The molecule has 2 aromatic heterocycles. The SMILES string of the molecule is CCCNC(CC)c1cc2sccc2s1. The van der Waals surface area contributed by atoms with Gasteiger partial charge in [0.2, 0.25) is 0 Å². The summed E-state index contributed by atoms with van der Waals surface area (Å²) in [6, 6.07) is 5.12. The molecule has 0 saturated carbocycles. The molecule has 0 amide bonds. The lowest BCUT2D eigenvalue weighted by Crippen LogP contribution is -2.20. The van der Waals surface area contributed by atoms with E-state index in [0.717, 1.165) is 6.54 Å². The maximum atomic E-state index is 3.60. The highest BCUT2D eigenvalue weighted by Crippen LogP contribution is 2.34. The van der Waals surface area contributed by atoms with E-state index in [1.165, 1.54) is 27.1 Å². The summed E-state index contributed by atoms with van der Waals surface area (Å²) in [6.45, 7) is 5.58. The summed E-state index contributed by atoms with van der Waals surface area (Å²) < 4.78 is 2.87. The van der Waals surface area contributed by atoms with E-state index >= 15 is 0 Å². The molecule has 1 nitrogen and oxygen atoms in total. The molecule has 0 saturated heterocycles. The minimum atomic E-state index is 0.551. The molecule has 2 aromatic rings. The van der Waals surface area contributed by atoms with Gasteiger partial charge in [-0.2, -0.15) is 0 Å². The van der Waals surface area contributed by atoms with Crippen molar-refractivity contribution in [3.8, 4) is 0 Å². The molecule has 1 unspecified atom stereocenters. The van der Waals surface area contributed by atoms with Crippen molar-refractivity contribution in [2.45, 2.75) is 32.7 Å². The number of fused-ring (bicyclic) bond motifs is 1. The molecule has 0 spiro atoms. The lowest BCUT2D eigenvalue weighted by molar-refractivity contribution is 0.526. The van der Waals surface area contributed by atoms with Crippen LogP contribution in [-0.2, 0) is 0 Å². The minimum Gasteiger partial charge on any atom is -0.309 e. The summed E-state index contributed by atoms with van der Waals surface area (Å²) in [6.07, 6.45) is 2.38. The first-order valence-corrected chi connectivity index (χ1v) is 7.25. The lowest BCUT2D eigenvalue weighted by atomic mass is 10.2. The topological polar surface area (TPSA) is 12.0 Å². The Bertz CT molecular complexity index is 387. The average molecular weight is 239 g/mol. The standard InChI is InChI=1S/C12H17NS2/c1-3-6-13-9(4-2)11-8-12-10(15-11)5-7-14-12/h5,7-9,13H,3-4,6H2,1-2H3. The molecule has 1 N–H and O–H groups in total. The molecule has 82 valence electrons. The van der Waals surface area contributed by atoms with E-state index in [1.54, 1.807) is 0 Å². The van der Waals surface area contributed by atoms with E-state index in [4.69, 9.17) is 0 Å². The fraction of sp³-hybridized carbons (Fsp3) is 0.500. The molecular formula is C12H17NS2. The number of hydrogen-bond acceptors (Lipinski definition) is 3. The van der Waals surface area contributed by atoms with E-state index in [2.05, 4.69) is 36.7 Å². The first kappa shape index (κ1) is 11.1. The highest BCUT2D eigenvalue weighted by Gasteiger charge is 2.11. The zero-order chi connectivity index (χ0) is 10.7. The van der Waals surface area contributed by atoms with Gasteiger partial charge >= 0.3 is 0 Å². The van der Waals surface area contributed by atoms with Crippen LogP contribution in [0.2, 0.25) is 0 Å². The van der Waals surface area contributed by atoms with Gasteiger partial charge in [-0.1, -0.05) is 13.8 Å². The number of nitrogens with one attached hydrogen (secondary N) is 1. The van der Waals surface area contributed by atoms with Gasteiger partial charge in [0, 0.05) is 20.3 Å². The third kappa shape index (κ3) is 2.41. The quantitative estimate of drug-likeness (QED) is 0.814. The second-order valence-electron chi connectivity index (χ2n) is 3.71. The van der Waals surface area contributed by atoms with Crippen molar-refractivity contribution in [3.63, 3.8) is 0 Å². The Morgan fingerprint density at radius 3 is 2.87 bits per heavy atom. The van der Waals surface area contributed by atoms with Crippen molar-refractivity contribution in [1.29, 1.82) is 0 Å². The zero-order valence-corrected chi connectivity index (χ0v) is 10.9. The molecule has 2 heterocycles. The Morgan fingerprint density at radius 2 is 2.20 bits per heavy atom. The number of hydrogen-bond donors (Lipinski definition) is 1. The zero-order valence-electron chi connectivity index (χ0n) is 9.25. The van der Waals surface area contributed by atoms with Crippen molar-refractivity contribution >= 4 is 32.1 Å². The molecule has 1 atom stereocenters. The fourth-order valence-corrected chi connectivity index (χ4v) is 4.00. The van der Waals surface area contributed by atoms with Gasteiger partial charge in [-0.05, 0) is 36.9 Å². The van der Waals surface area contributed by atoms with Gasteiger partial charge in [0.25, 0.3) is 0 Å². The van der Waals surface area contributed by atoms with Crippen LogP contribution >= 0.6 is 22.7 Å². The average Bonchev–Trinajstić information content (AvgIpc) is 2.79. The van der Waals surface area contributed by atoms with Gasteiger partial charge in [0.15, 0.2) is 0 Å². The van der Waals surface area contributed by atoms with Crippen LogP contribution in [0.5, 0.6) is 0 Å². The number of thiophene rings is 2. The van der Waals surface area contributed by atoms with Crippen LogP contribution in [0.15, 0.2) is 17.5 Å². The molecule has 2 rings (SSSR count). The lowest BCUT2D eigenvalue weighted by Gasteiger charge is -2.14. The molecule has 0 aliphatic rings. The third-order valence-corrected chi connectivity index (χ3v) is 4.76. The van der Waals surface area contributed by atoms with Crippen LogP contribution in [0.4, 0.5) is 0 Å². The Kier molecular flexibility index (Phi) is 3.78. The molecule has 3 heteroatoms. The van der Waals surface area contributed by atoms with E-state index in [9.17, 15) is 0 Å². The highest BCUT2D eigenvalue weighted by atomic mass is 32.1. The summed E-state index contributed by atoms with van der Waals surface area (Å²) in [5.74, 6) is 0. The second-order valence-corrected chi connectivity index (χ2v) is 5.78. The van der Waals surface area contributed by atoms with Gasteiger partial charge in [0.1, 0.15) is 0 Å². The molecule has 0 aliphatic carbocycles. The molecule has 0 bridgehead atoms. The molecule has 0 aliphatic heterocycles. The van der Waals surface area contributed by atoms with Crippen LogP contribution in [-0.4, -0.2) is 6.54 Å². The van der Waals surface area contributed by atoms with Crippen molar-refractivity contribution in [2.75, 3.05) is 6.54 Å². The van der Waals surface area contributed by atoms with Gasteiger partial charge < -0.3 is 5.32 Å². The van der Waals surface area contributed by atoms with Gasteiger partial charge in [-0.3, -0.25) is 0 Å². The van der Waals surface area contributed by atoms with Crippen LogP contribution in [0.1, 0.15) is 37.6 Å². The Balaban J connectivity index is 2.16. The molecular weight excluding hydrogens is 222 g/mol. The summed E-state index contributed by atoms with van der Waals surface area (Å²) in [5, 5.41) is 5.77. The Hall–Kier alpha value is -0.380. The fourth-order valence-electron chi connectivity index (χ4n) is 1.72. The highest BCUT2D eigenvalue weighted by molar-refractivity contribution is 7.26. The summed E-state index contributed by atoms with van der Waals surface area (Å²) in [5.41, 5.74) is 0. The van der Waals surface area contributed by atoms with Crippen molar-refractivity contribution in [1.82, 2.24) is 5.32 Å². The van der Waals surface area contributed by atoms with Gasteiger partial charge in [0.05, 0.1) is 0 Å². The summed E-state index contributed by atoms with van der Waals surface area (Å²) in [4.78, 5) is 1.49. The monoisotopic (exact) mass is 239 g/mol. The van der Waals surface area contributed by atoms with Crippen LogP contribution in [0, 0.1) is 0 Å². The predicted octanol–water partition coefficient (Wildman–Crippen LogP) is 4.41. The van der Waals surface area contributed by atoms with Crippen molar-refractivity contribution in [3.05, 3.63) is 22.4 Å². The predicted molar refractivity (Wildman–Crippen MR) is 71.0 cm³/mol. The largest absolute Gasteiger partial charge is 0.309 e. The Morgan fingerprint density at radius 1 is 1.33 bits per heavy atom. The normalized spacial score (nSPS) is 13.5. The maximum Gasteiger partial charge on any atom is 0.0454 e. The maximum absolute atomic E-state index is 3.60. The molecule has 15 heavy (non-hydrogen) atoms. The molecule has 0 aromatic carbocycles. The van der Waals surface area contributed by atoms with Gasteiger partial charge in [-0.15, -0.1) is 22.7 Å². The van der Waals surface area contributed by atoms with Crippen LogP contribution in [0.25, 0.3) is 9.40 Å². The van der Waals surface area contributed by atoms with Gasteiger partial charge in [-0.25, -0.2) is 0 Å². The third-order valence-electron chi connectivity index (χ3n) is 2.55. The molecule has 0 radical (unpaired) electrons. The Labute approximate surface area is 99.1 Å². The van der Waals surface area contributed by atoms with Crippen LogP contribution < -0.4 is 5.32 Å².